The van der Waals surface area contributed by atoms with Gasteiger partial charge in [0.25, 0.3) is 0 Å². The first-order chi connectivity index (χ1) is 5.66. The fourth-order valence-electron chi connectivity index (χ4n) is 1.24. The van der Waals surface area contributed by atoms with E-state index in [2.05, 4.69) is 33.9 Å². The fraction of sp³-hybridized carbons (Fsp3) is 0.125. The van der Waals surface area contributed by atoms with Gasteiger partial charge < -0.3 is 5.32 Å². The summed E-state index contributed by atoms with van der Waals surface area (Å²) in [6.07, 6.45) is 0.468. The second-order valence-corrected chi connectivity index (χ2v) is 4.02. The van der Waals surface area contributed by atoms with Crippen molar-refractivity contribution >= 4 is 40.2 Å². The number of halogens is 1. The maximum absolute atomic E-state index is 11.0. The van der Waals surface area contributed by atoms with E-state index in [-0.39, 0.29) is 5.91 Å². The Morgan fingerprint density at radius 2 is 2.25 bits per heavy atom. The summed E-state index contributed by atoms with van der Waals surface area (Å²) in [6, 6.07) is 3.78. The van der Waals surface area contributed by atoms with Crippen LogP contribution in [0.2, 0.25) is 0 Å². The van der Waals surface area contributed by atoms with E-state index in [4.69, 9.17) is 0 Å². The van der Waals surface area contributed by atoms with E-state index >= 15 is 0 Å². The highest BCUT2D eigenvalue weighted by Crippen LogP contribution is 2.31. The lowest BCUT2D eigenvalue weighted by Crippen LogP contribution is -2.03. The Bertz CT molecular complexity index is 331. The summed E-state index contributed by atoms with van der Waals surface area (Å²) < 4.78 is 0.909. The number of carbonyl (C=O) groups excluding carboxylic acids is 1. The van der Waals surface area contributed by atoms with Crippen LogP contribution in [-0.4, -0.2) is 5.91 Å². The zero-order valence-corrected chi connectivity index (χ0v) is 8.58. The number of nitrogens with one attached hydrogen (secondary N) is 1. The lowest BCUT2D eigenvalue weighted by Gasteiger charge is -2.01. The highest BCUT2D eigenvalue weighted by atomic mass is 79.9. The first kappa shape index (κ1) is 8.13. The highest BCUT2D eigenvalue weighted by Gasteiger charge is 2.18. The topological polar surface area (TPSA) is 29.1 Å². The molecular weight excluding hydrogens is 238 g/mol. The Hall–Kier alpha value is -0.480. The summed E-state index contributed by atoms with van der Waals surface area (Å²) in [5.41, 5.74) is 1.91. The van der Waals surface area contributed by atoms with E-state index in [0.29, 0.717) is 6.42 Å². The van der Waals surface area contributed by atoms with Crippen LogP contribution < -0.4 is 5.32 Å². The normalized spacial score (nSPS) is 14.3. The molecule has 1 aromatic rings. The summed E-state index contributed by atoms with van der Waals surface area (Å²) >= 11 is 7.58. The number of anilines is 1. The number of thiol groups is 1. The second-order valence-electron chi connectivity index (χ2n) is 2.69. The van der Waals surface area contributed by atoms with Gasteiger partial charge in [0.2, 0.25) is 5.91 Å². The van der Waals surface area contributed by atoms with E-state index in [1.807, 2.05) is 12.1 Å². The van der Waals surface area contributed by atoms with Gasteiger partial charge in [-0.1, -0.05) is 0 Å². The third-order valence-electron chi connectivity index (χ3n) is 1.80. The molecule has 0 unspecified atom stereocenters. The zero-order chi connectivity index (χ0) is 8.72. The van der Waals surface area contributed by atoms with Crippen LogP contribution >= 0.6 is 28.6 Å². The summed E-state index contributed by atoms with van der Waals surface area (Å²) in [5, 5.41) is 2.76. The largest absolute Gasteiger partial charge is 0.325 e. The van der Waals surface area contributed by atoms with Crippen LogP contribution in [0.1, 0.15) is 5.56 Å². The molecule has 0 saturated heterocycles. The molecule has 2 rings (SSSR count). The Labute approximate surface area is 83.9 Å². The van der Waals surface area contributed by atoms with Crippen molar-refractivity contribution in [3.05, 3.63) is 22.2 Å². The van der Waals surface area contributed by atoms with Gasteiger partial charge in [-0.25, -0.2) is 0 Å². The molecule has 1 aliphatic heterocycles. The van der Waals surface area contributed by atoms with E-state index in [0.717, 1.165) is 20.6 Å². The molecule has 0 fully saturated rings. The van der Waals surface area contributed by atoms with Gasteiger partial charge in [0, 0.05) is 15.1 Å². The minimum Gasteiger partial charge on any atom is -0.325 e. The number of rotatable bonds is 0. The number of benzene rings is 1. The third-order valence-corrected chi connectivity index (χ3v) is 3.13. The van der Waals surface area contributed by atoms with Gasteiger partial charge in [0.1, 0.15) is 0 Å². The second kappa shape index (κ2) is 2.78. The molecule has 0 radical (unpaired) electrons. The monoisotopic (exact) mass is 243 g/mol. The van der Waals surface area contributed by atoms with Crippen LogP contribution in [0.15, 0.2) is 21.5 Å². The summed E-state index contributed by atoms with van der Waals surface area (Å²) in [4.78, 5) is 11.8. The average Bonchev–Trinajstić information content (AvgIpc) is 2.30. The molecule has 1 N–H and O–H groups in total. The van der Waals surface area contributed by atoms with Crippen molar-refractivity contribution < 1.29 is 4.79 Å². The standard InChI is InChI=1S/C8H6BrNOS/c9-5-3-6-4(1-7(5)12)2-8(11)10-6/h1,3,12H,2H2,(H,10,11). The van der Waals surface area contributed by atoms with E-state index < -0.39 is 0 Å². The molecule has 2 nitrogen and oxygen atoms in total. The van der Waals surface area contributed by atoms with Gasteiger partial charge >= 0.3 is 0 Å². The van der Waals surface area contributed by atoms with Crippen molar-refractivity contribution in [2.24, 2.45) is 0 Å². The van der Waals surface area contributed by atoms with E-state index in [9.17, 15) is 4.79 Å². The third kappa shape index (κ3) is 1.25. The molecule has 0 atom stereocenters. The molecule has 12 heavy (non-hydrogen) atoms. The van der Waals surface area contributed by atoms with Gasteiger partial charge in [0.05, 0.1) is 6.42 Å². The maximum atomic E-state index is 11.0. The van der Waals surface area contributed by atoms with Crippen LogP contribution in [0.5, 0.6) is 0 Å². The predicted molar refractivity (Wildman–Crippen MR) is 53.7 cm³/mol. The lowest BCUT2D eigenvalue weighted by atomic mass is 10.2. The molecule has 0 aliphatic carbocycles. The minimum absolute atomic E-state index is 0.0517. The van der Waals surface area contributed by atoms with Crippen LogP contribution in [0.4, 0.5) is 5.69 Å². The molecule has 1 aliphatic rings. The predicted octanol–water partition coefficient (Wildman–Crippen LogP) is 2.23. The summed E-state index contributed by atoms with van der Waals surface area (Å²) in [7, 11) is 0. The van der Waals surface area contributed by atoms with Crippen molar-refractivity contribution in [2.75, 3.05) is 5.32 Å². The van der Waals surface area contributed by atoms with Crippen LogP contribution in [0.3, 0.4) is 0 Å². The van der Waals surface area contributed by atoms with Crippen molar-refractivity contribution in [1.82, 2.24) is 0 Å². The molecule has 1 aromatic carbocycles. The molecule has 0 saturated carbocycles. The Balaban J connectivity index is 2.55. The number of amides is 1. The van der Waals surface area contributed by atoms with E-state index in [1.54, 1.807) is 0 Å². The summed E-state index contributed by atoms with van der Waals surface area (Å²) in [6.45, 7) is 0. The molecule has 62 valence electrons. The van der Waals surface area contributed by atoms with Crippen molar-refractivity contribution in [3.63, 3.8) is 0 Å². The first-order valence-electron chi connectivity index (χ1n) is 3.48. The van der Waals surface area contributed by atoms with Gasteiger partial charge in [0.15, 0.2) is 0 Å². The molecule has 0 spiro atoms. The molecule has 1 amide bonds. The number of hydrogen-bond acceptors (Lipinski definition) is 2. The van der Waals surface area contributed by atoms with Crippen molar-refractivity contribution in [2.45, 2.75) is 11.3 Å². The zero-order valence-electron chi connectivity index (χ0n) is 6.10. The number of hydrogen-bond donors (Lipinski definition) is 2. The van der Waals surface area contributed by atoms with Gasteiger partial charge in [-0.15, -0.1) is 12.6 Å². The maximum Gasteiger partial charge on any atom is 0.228 e. The average molecular weight is 244 g/mol. The molecular formula is C8H6BrNOS. The van der Waals surface area contributed by atoms with Crippen molar-refractivity contribution in [3.8, 4) is 0 Å². The molecule has 4 heteroatoms. The van der Waals surface area contributed by atoms with Crippen LogP contribution in [-0.2, 0) is 11.2 Å². The van der Waals surface area contributed by atoms with Crippen molar-refractivity contribution in [1.29, 1.82) is 0 Å². The van der Waals surface area contributed by atoms with E-state index in [1.165, 1.54) is 0 Å². The van der Waals surface area contributed by atoms with Gasteiger partial charge in [-0.2, -0.15) is 0 Å². The number of fused-ring (bicyclic) bond motifs is 1. The molecule has 0 aromatic heterocycles. The van der Waals surface area contributed by atoms with Crippen LogP contribution in [0, 0.1) is 0 Å². The quantitative estimate of drug-likeness (QED) is 0.673. The Morgan fingerprint density at radius 1 is 1.50 bits per heavy atom. The van der Waals surface area contributed by atoms with Gasteiger partial charge in [-0.05, 0) is 33.6 Å². The Morgan fingerprint density at radius 3 is 3.00 bits per heavy atom. The van der Waals surface area contributed by atoms with Crippen LogP contribution in [0.25, 0.3) is 0 Å². The fourth-order valence-corrected chi connectivity index (χ4v) is 1.80. The molecule has 1 heterocycles. The van der Waals surface area contributed by atoms with Gasteiger partial charge in [-0.3, -0.25) is 4.79 Å². The summed E-state index contributed by atoms with van der Waals surface area (Å²) in [5.74, 6) is 0.0517. The molecule has 0 bridgehead atoms. The number of carbonyl (C=O) groups is 1. The Kier molecular flexibility index (Phi) is 1.88. The first-order valence-corrected chi connectivity index (χ1v) is 4.72. The minimum atomic E-state index is 0.0517. The SMILES string of the molecule is O=C1Cc2cc(S)c(Br)cc2N1. The smallest absolute Gasteiger partial charge is 0.228 e. The lowest BCUT2D eigenvalue weighted by molar-refractivity contribution is -0.115. The highest BCUT2D eigenvalue weighted by molar-refractivity contribution is 9.10.